The summed E-state index contributed by atoms with van der Waals surface area (Å²) >= 11 is 0. The average Bonchev–Trinajstić information content (AvgIpc) is 3.95. The largest absolute Gasteiger partial charge is 0.494 e. The number of ether oxygens (including phenoxy) is 2. The number of nitrogens with zero attached hydrogens (tertiary/aromatic N) is 6. The van der Waals surface area contributed by atoms with Crippen LogP contribution >= 0.6 is 0 Å². The fraction of sp³-hybridized carbons (Fsp3) is 0.433. The van der Waals surface area contributed by atoms with Crippen molar-refractivity contribution in [3.05, 3.63) is 65.9 Å². The normalized spacial score (nSPS) is 16.6. The van der Waals surface area contributed by atoms with Gasteiger partial charge in [-0.15, -0.1) is 10.2 Å². The van der Waals surface area contributed by atoms with Gasteiger partial charge < -0.3 is 9.47 Å². The van der Waals surface area contributed by atoms with Gasteiger partial charge in [-0.25, -0.2) is 23.4 Å². The highest BCUT2D eigenvalue weighted by atomic mass is 32.2. The number of hydrogen-bond acceptors (Lipinski definition) is 9. The summed E-state index contributed by atoms with van der Waals surface area (Å²) in [4.78, 5) is 13.8. The standard InChI is InChI=1S/C30H35N7O4S/c1-18(28-31-16-22(17-32-28)21-13-14-21)19(2)42(38,39)36-30-35-34-29(24-8-5-7-23(33-24)15-20-11-12-20)37(30)27-25(40-3)9-6-10-26(27)41-4/h5-10,16-21H,11-15H2,1-4H3,(H,35,36)/t18-,19-/m0/s1. The molecular formula is C30H35N7O4S. The Kier molecular flexibility index (Phi) is 7.56. The first-order chi connectivity index (χ1) is 20.3. The molecule has 6 rings (SSSR count). The van der Waals surface area contributed by atoms with Gasteiger partial charge in [-0.05, 0) is 80.7 Å². The summed E-state index contributed by atoms with van der Waals surface area (Å²) in [5.41, 5.74) is 3.06. The van der Waals surface area contributed by atoms with Crippen LogP contribution in [-0.2, 0) is 16.4 Å². The molecule has 12 heteroatoms. The molecule has 0 amide bonds. The molecule has 2 aliphatic carbocycles. The van der Waals surface area contributed by atoms with Crippen LogP contribution in [0.5, 0.6) is 11.5 Å². The second kappa shape index (κ2) is 11.3. The van der Waals surface area contributed by atoms with E-state index in [1.54, 1.807) is 43.9 Å². The van der Waals surface area contributed by atoms with Crippen LogP contribution in [0.3, 0.4) is 0 Å². The molecule has 1 aromatic carbocycles. The van der Waals surface area contributed by atoms with Crippen LogP contribution in [0.1, 0.15) is 68.4 Å². The first-order valence-electron chi connectivity index (χ1n) is 14.3. The van der Waals surface area contributed by atoms with Crippen molar-refractivity contribution in [1.82, 2.24) is 29.7 Å². The number of sulfonamides is 1. The van der Waals surface area contributed by atoms with Crippen LogP contribution in [0.25, 0.3) is 17.2 Å². The SMILES string of the molecule is COc1cccc(OC)c1-n1c(NS(=O)(=O)[C@@H](C)[C@H](C)c2ncc(C3CC3)cn2)nnc1-c1cccc(CC2CC2)n1. The third-order valence-electron chi connectivity index (χ3n) is 8.09. The molecule has 4 aromatic rings. The van der Waals surface area contributed by atoms with E-state index in [0.717, 1.165) is 30.5 Å². The van der Waals surface area contributed by atoms with Gasteiger partial charge in [0.1, 0.15) is 28.7 Å². The van der Waals surface area contributed by atoms with Crippen LogP contribution in [0.15, 0.2) is 48.8 Å². The Hall–Kier alpha value is -4.06. The minimum Gasteiger partial charge on any atom is -0.494 e. The zero-order chi connectivity index (χ0) is 29.4. The smallest absolute Gasteiger partial charge is 0.243 e. The molecule has 3 aromatic heterocycles. The zero-order valence-corrected chi connectivity index (χ0v) is 25.0. The third-order valence-corrected chi connectivity index (χ3v) is 9.95. The second-order valence-electron chi connectivity index (χ2n) is 11.1. The number of nitrogens with one attached hydrogen (secondary N) is 1. The van der Waals surface area contributed by atoms with E-state index in [4.69, 9.17) is 14.5 Å². The molecule has 0 spiro atoms. The summed E-state index contributed by atoms with van der Waals surface area (Å²) in [6, 6.07) is 11.1. The Labute approximate surface area is 245 Å². The predicted molar refractivity (Wildman–Crippen MR) is 159 cm³/mol. The lowest BCUT2D eigenvalue weighted by molar-refractivity contribution is 0.391. The van der Waals surface area contributed by atoms with E-state index in [0.29, 0.717) is 46.4 Å². The number of rotatable bonds is 12. The van der Waals surface area contributed by atoms with Crippen LogP contribution < -0.4 is 14.2 Å². The highest BCUT2D eigenvalue weighted by Gasteiger charge is 2.33. The minimum absolute atomic E-state index is 0.00811. The molecule has 2 saturated carbocycles. The molecule has 220 valence electrons. The molecule has 0 bridgehead atoms. The first-order valence-corrected chi connectivity index (χ1v) is 15.8. The summed E-state index contributed by atoms with van der Waals surface area (Å²) in [6.45, 7) is 3.45. The topological polar surface area (TPSA) is 134 Å². The van der Waals surface area contributed by atoms with Crippen molar-refractivity contribution in [2.75, 3.05) is 18.9 Å². The van der Waals surface area contributed by atoms with Crippen molar-refractivity contribution in [3.8, 4) is 28.7 Å². The van der Waals surface area contributed by atoms with Gasteiger partial charge in [0.25, 0.3) is 0 Å². The highest BCUT2D eigenvalue weighted by molar-refractivity contribution is 7.93. The van der Waals surface area contributed by atoms with Gasteiger partial charge in [0, 0.05) is 24.0 Å². The van der Waals surface area contributed by atoms with E-state index < -0.39 is 21.2 Å². The number of aromatic nitrogens is 6. The van der Waals surface area contributed by atoms with Crippen LogP contribution in [0.4, 0.5) is 5.95 Å². The Morgan fingerprint density at radius 3 is 2.24 bits per heavy atom. The van der Waals surface area contributed by atoms with Crippen molar-refractivity contribution in [1.29, 1.82) is 0 Å². The minimum atomic E-state index is -3.98. The Morgan fingerprint density at radius 2 is 1.62 bits per heavy atom. The number of hydrogen-bond donors (Lipinski definition) is 1. The second-order valence-corrected chi connectivity index (χ2v) is 13.2. The molecule has 42 heavy (non-hydrogen) atoms. The molecule has 2 fully saturated rings. The molecular weight excluding hydrogens is 554 g/mol. The summed E-state index contributed by atoms with van der Waals surface area (Å²) in [5, 5.41) is 7.84. The van der Waals surface area contributed by atoms with Gasteiger partial charge in [-0.3, -0.25) is 9.29 Å². The average molecular weight is 590 g/mol. The highest BCUT2D eigenvalue weighted by Crippen LogP contribution is 2.40. The van der Waals surface area contributed by atoms with E-state index in [-0.39, 0.29) is 5.95 Å². The van der Waals surface area contributed by atoms with Crippen molar-refractivity contribution < 1.29 is 17.9 Å². The van der Waals surface area contributed by atoms with Gasteiger partial charge in [0.2, 0.25) is 16.0 Å². The van der Waals surface area contributed by atoms with E-state index in [1.165, 1.54) is 12.8 Å². The lowest BCUT2D eigenvalue weighted by atomic mass is 10.1. The van der Waals surface area contributed by atoms with E-state index in [9.17, 15) is 8.42 Å². The van der Waals surface area contributed by atoms with Gasteiger partial charge in [0.15, 0.2) is 5.82 Å². The Balaban J connectivity index is 1.38. The van der Waals surface area contributed by atoms with Crippen molar-refractivity contribution in [2.45, 2.75) is 63.0 Å². The molecule has 0 radical (unpaired) electrons. The first kappa shape index (κ1) is 28.1. The quantitative estimate of drug-likeness (QED) is 0.245. The maximum Gasteiger partial charge on any atom is 0.243 e. The molecule has 2 atom stereocenters. The predicted octanol–water partition coefficient (Wildman–Crippen LogP) is 4.90. The lowest BCUT2D eigenvalue weighted by Gasteiger charge is -2.21. The van der Waals surface area contributed by atoms with Crippen LogP contribution in [0, 0.1) is 5.92 Å². The van der Waals surface area contributed by atoms with E-state index in [1.807, 2.05) is 37.5 Å². The molecule has 11 nitrogen and oxygen atoms in total. The van der Waals surface area contributed by atoms with Gasteiger partial charge >= 0.3 is 0 Å². The summed E-state index contributed by atoms with van der Waals surface area (Å²) < 4.78 is 43.2. The monoisotopic (exact) mass is 589 g/mol. The third kappa shape index (κ3) is 5.67. The van der Waals surface area contributed by atoms with Gasteiger partial charge in [-0.1, -0.05) is 19.1 Å². The summed E-state index contributed by atoms with van der Waals surface area (Å²) in [5.74, 6) is 2.43. The number of para-hydroxylation sites is 1. The van der Waals surface area contributed by atoms with Crippen molar-refractivity contribution >= 4 is 16.0 Å². The number of anilines is 1. The van der Waals surface area contributed by atoms with Crippen molar-refractivity contribution in [3.63, 3.8) is 0 Å². The molecule has 1 N–H and O–H groups in total. The van der Waals surface area contributed by atoms with Gasteiger partial charge in [0.05, 0.1) is 19.5 Å². The maximum atomic E-state index is 13.8. The van der Waals surface area contributed by atoms with Gasteiger partial charge in [-0.2, -0.15) is 0 Å². The Bertz CT molecular complexity index is 1660. The number of pyridine rings is 1. The molecule has 0 saturated heterocycles. The zero-order valence-electron chi connectivity index (χ0n) is 24.2. The fourth-order valence-corrected chi connectivity index (χ4v) is 6.26. The van der Waals surface area contributed by atoms with Crippen LogP contribution in [-0.4, -0.2) is 57.6 Å². The molecule has 0 unspecified atom stereocenters. The molecule has 2 aliphatic rings. The number of benzene rings is 1. The number of methoxy groups -OCH3 is 2. The molecule has 0 aliphatic heterocycles. The van der Waals surface area contributed by atoms with Crippen molar-refractivity contribution in [2.24, 2.45) is 5.92 Å². The maximum absolute atomic E-state index is 13.8. The van der Waals surface area contributed by atoms with E-state index >= 15 is 0 Å². The summed E-state index contributed by atoms with van der Waals surface area (Å²) in [6.07, 6.45) is 9.21. The van der Waals surface area contributed by atoms with E-state index in [2.05, 4.69) is 24.9 Å². The lowest BCUT2D eigenvalue weighted by Crippen LogP contribution is -2.31. The Morgan fingerprint density at radius 1 is 0.952 bits per heavy atom. The summed E-state index contributed by atoms with van der Waals surface area (Å²) in [7, 11) is -0.903. The molecule has 3 heterocycles. The van der Waals surface area contributed by atoms with Crippen LogP contribution in [0.2, 0.25) is 0 Å². The fourth-order valence-electron chi connectivity index (χ4n) is 5.03.